The van der Waals surface area contributed by atoms with Crippen molar-refractivity contribution in [1.82, 2.24) is 0 Å². The molecule has 0 spiro atoms. The molecule has 2 aromatic rings. The largest absolute Gasteiger partial charge is 0.399 e. The average molecular weight is 247 g/mol. The number of nitrogen functional groups attached to an aromatic ring is 1. The minimum absolute atomic E-state index is 0.298. The van der Waals surface area contributed by atoms with E-state index in [-0.39, 0.29) is 5.69 Å². The first kappa shape index (κ1) is 11.8. The quantitative estimate of drug-likeness (QED) is 0.496. The molecule has 0 bridgehead atoms. The third-order valence-electron chi connectivity index (χ3n) is 2.27. The van der Waals surface area contributed by atoms with Crippen molar-refractivity contribution in [2.45, 2.75) is 0 Å². The van der Waals surface area contributed by atoms with Crippen LogP contribution in [-0.2, 0) is 0 Å². The number of benzene rings is 2. The highest BCUT2D eigenvalue weighted by molar-refractivity contribution is 5.65. The molecule has 0 amide bonds. The van der Waals surface area contributed by atoms with Crippen molar-refractivity contribution in [3.63, 3.8) is 0 Å². The van der Waals surface area contributed by atoms with Crippen molar-refractivity contribution in [2.24, 2.45) is 0 Å². The first-order valence-corrected chi connectivity index (χ1v) is 5.12. The lowest BCUT2D eigenvalue weighted by atomic mass is 10.2. The zero-order valence-corrected chi connectivity index (χ0v) is 9.26. The predicted octanol–water partition coefficient (Wildman–Crippen LogP) is 3.06. The summed E-state index contributed by atoms with van der Waals surface area (Å²) >= 11 is 0. The van der Waals surface area contributed by atoms with Gasteiger partial charge in [0.2, 0.25) is 0 Å². The van der Waals surface area contributed by atoms with Crippen LogP contribution in [-0.4, -0.2) is 4.92 Å². The first-order chi connectivity index (χ1) is 8.54. The van der Waals surface area contributed by atoms with E-state index in [2.05, 4.69) is 5.32 Å². The second-order valence-electron chi connectivity index (χ2n) is 3.71. The molecule has 5 nitrogen and oxygen atoms in total. The van der Waals surface area contributed by atoms with Crippen molar-refractivity contribution in [3.05, 3.63) is 58.4 Å². The summed E-state index contributed by atoms with van der Waals surface area (Å²) in [6.45, 7) is 0. The molecule has 0 atom stereocenters. The monoisotopic (exact) mass is 247 g/mol. The number of non-ortho nitro benzene ring substituents is 1. The highest BCUT2D eigenvalue weighted by Gasteiger charge is 2.09. The number of rotatable bonds is 3. The van der Waals surface area contributed by atoms with Crippen molar-refractivity contribution in [2.75, 3.05) is 11.1 Å². The van der Waals surface area contributed by atoms with Gasteiger partial charge >= 0.3 is 0 Å². The van der Waals surface area contributed by atoms with Crippen LogP contribution in [0.3, 0.4) is 0 Å². The lowest BCUT2D eigenvalue weighted by Gasteiger charge is -2.07. The van der Waals surface area contributed by atoms with Gasteiger partial charge in [0.05, 0.1) is 11.0 Å². The maximum Gasteiger partial charge on any atom is 0.274 e. The lowest BCUT2D eigenvalue weighted by molar-refractivity contribution is -0.385. The normalized spacial score (nSPS) is 10.1. The minimum Gasteiger partial charge on any atom is -0.399 e. The van der Waals surface area contributed by atoms with Crippen LogP contribution in [0.15, 0.2) is 42.5 Å². The van der Waals surface area contributed by atoms with Gasteiger partial charge in [0.25, 0.3) is 5.69 Å². The van der Waals surface area contributed by atoms with Gasteiger partial charge in [-0.05, 0) is 24.3 Å². The van der Waals surface area contributed by atoms with Crippen molar-refractivity contribution < 1.29 is 9.31 Å². The molecule has 2 aromatic carbocycles. The second-order valence-corrected chi connectivity index (χ2v) is 3.71. The standard InChI is InChI=1S/C12H10FN3O2/c13-8-4-11(7-12(5-8)16(17)18)15-10-3-1-2-9(14)6-10/h1-7,15H,14H2. The van der Waals surface area contributed by atoms with Gasteiger partial charge in [-0.25, -0.2) is 4.39 Å². The smallest absolute Gasteiger partial charge is 0.274 e. The SMILES string of the molecule is Nc1cccc(Nc2cc(F)cc([N+](=O)[O-])c2)c1. The van der Waals surface area contributed by atoms with E-state index in [0.29, 0.717) is 17.1 Å². The summed E-state index contributed by atoms with van der Waals surface area (Å²) < 4.78 is 13.2. The molecule has 3 N–H and O–H groups in total. The Morgan fingerprint density at radius 1 is 1.17 bits per heavy atom. The average Bonchev–Trinajstić information content (AvgIpc) is 2.28. The van der Waals surface area contributed by atoms with E-state index in [1.54, 1.807) is 24.3 Å². The highest BCUT2D eigenvalue weighted by Crippen LogP contribution is 2.24. The third-order valence-corrected chi connectivity index (χ3v) is 2.27. The van der Waals surface area contributed by atoms with Gasteiger partial charge in [-0.1, -0.05) is 6.07 Å². The lowest BCUT2D eigenvalue weighted by Crippen LogP contribution is -1.95. The van der Waals surface area contributed by atoms with E-state index >= 15 is 0 Å². The van der Waals surface area contributed by atoms with Crippen LogP contribution >= 0.6 is 0 Å². The molecule has 0 aromatic heterocycles. The molecule has 0 aliphatic carbocycles. The number of hydrogen-bond acceptors (Lipinski definition) is 4. The number of nitrogens with two attached hydrogens (primary N) is 1. The van der Waals surface area contributed by atoms with Gasteiger partial charge in [-0.2, -0.15) is 0 Å². The Morgan fingerprint density at radius 3 is 2.61 bits per heavy atom. The fourth-order valence-electron chi connectivity index (χ4n) is 1.53. The first-order valence-electron chi connectivity index (χ1n) is 5.12. The van der Waals surface area contributed by atoms with Crippen LogP contribution in [0.2, 0.25) is 0 Å². The molecule has 6 heteroatoms. The fourth-order valence-corrected chi connectivity index (χ4v) is 1.53. The molecule has 0 aliphatic rings. The van der Waals surface area contributed by atoms with Gasteiger partial charge in [0.1, 0.15) is 5.82 Å². The number of halogens is 1. The Balaban J connectivity index is 2.31. The molecule has 0 fully saturated rings. The zero-order valence-electron chi connectivity index (χ0n) is 9.26. The van der Waals surface area contributed by atoms with Crippen LogP contribution < -0.4 is 11.1 Å². The third kappa shape index (κ3) is 2.73. The molecule has 0 unspecified atom stereocenters. The summed E-state index contributed by atoms with van der Waals surface area (Å²) in [6.07, 6.45) is 0. The molecular formula is C12H10FN3O2. The second kappa shape index (κ2) is 4.70. The van der Waals surface area contributed by atoms with Crippen molar-refractivity contribution in [3.8, 4) is 0 Å². The number of hydrogen-bond donors (Lipinski definition) is 2. The molecule has 0 saturated heterocycles. The maximum absolute atomic E-state index is 13.2. The van der Waals surface area contributed by atoms with Gasteiger partial charge in [0.15, 0.2) is 0 Å². The Kier molecular flexibility index (Phi) is 3.09. The van der Waals surface area contributed by atoms with Gasteiger partial charge in [-0.3, -0.25) is 10.1 Å². The van der Waals surface area contributed by atoms with Crippen LogP contribution in [0.4, 0.5) is 27.1 Å². The van der Waals surface area contributed by atoms with E-state index in [1.165, 1.54) is 12.1 Å². The summed E-state index contributed by atoms with van der Waals surface area (Å²) in [4.78, 5) is 9.96. The minimum atomic E-state index is -0.671. The van der Waals surface area contributed by atoms with Crippen LogP contribution in [0, 0.1) is 15.9 Å². The van der Waals surface area contributed by atoms with Crippen LogP contribution in [0.5, 0.6) is 0 Å². The van der Waals surface area contributed by atoms with E-state index < -0.39 is 10.7 Å². The number of nitrogens with one attached hydrogen (secondary N) is 1. The molecule has 0 saturated carbocycles. The van der Waals surface area contributed by atoms with Gasteiger partial charge in [0, 0.05) is 23.1 Å². The number of nitro groups is 1. The molecular weight excluding hydrogens is 237 g/mol. The molecule has 0 heterocycles. The fraction of sp³-hybridized carbons (Fsp3) is 0. The maximum atomic E-state index is 13.2. The topological polar surface area (TPSA) is 81.2 Å². The summed E-state index contributed by atoms with van der Waals surface area (Å²) in [5.41, 5.74) is 6.77. The number of nitrogens with zero attached hydrogens (tertiary/aromatic N) is 1. The molecule has 2 rings (SSSR count). The Bertz CT molecular complexity index is 602. The molecule has 0 radical (unpaired) electrons. The van der Waals surface area contributed by atoms with Crippen LogP contribution in [0.1, 0.15) is 0 Å². The molecule has 18 heavy (non-hydrogen) atoms. The zero-order chi connectivity index (χ0) is 13.1. The number of anilines is 3. The van der Waals surface area contributed by atoms with Gasteiger partial charge < -0.3 is 11.1 Å². The Morgan fingerprint density at radius 2 is 1.94 bits per heavy atom. The van der Waals surface area contributed by atoms with Crippen LogP contribution in [0.25, 0.3) is 0 Å². The van der Waals surface area contributed by atoms with Gasteiger partial charge in [-0.15, -0.1) is 0 Å². The summed E-state index contributed by atoms with van der Waals surface area (Å²) in [5.74, 6) is -0.671. The van der Waals surface area contributed by atoms with E-state index in [4.69, 9.17) is 5.73 Å². The Hall–Kier alpha value is -2.63. The molecule has 92 valence electrons. The Labute approximate surface area is 102 Å². The highest BCUT2D eigenvalue weighted by atomic mass is 19.1. The number of nitro benzene ring substituents is 1. The van der Waals surface area contributed by atoms with E-state index in [0.717, 1.165) is 6.07 Å². The predicted molar refractivity (Wildman–Crippen MR) is 67.2 cm³/mol. The van der Waals surface area contributed by atoms with Crippen molar-refractivity contribution in [1.29, 1.82) is 0 Å². The van der Waals surface area contributed by atoms with E-state index in [1.807, 2.05) is 0 Å². The molecule has 0 aliphatic heterocycles. The summed E-state index contributed by atoms with van der Waals surface area (Å²) in [5, 5.41) is 13.5. The van der Waals surface area contributed by atoms with E-state index in [9.17, 15) is 14.5 Å². The summed E-state index contributed by atoms with van der Waals surface area (Å²) in [6, 6.07) is 10.1. The van der Waals surface area contributed by atoms with Crippen molar-refractivity contribution >= 4 is 22.7 Å². The summed E-state index contributed by atoms with van der Waals surface area (Å²) in [7, 11) is 0.